The monoisotopic (exact) mass is 341 g/mol. The fourth-order valence-electron chi connectivity index (χ4n) is 2.57. The van der Waals surface area contributed by atoms with Gasteiger partial charge in [-0.25, -0.2) is 0 Å². The van der Waals surface area contributed by atoms with Crippen LogP contribution in [0.15, 0.2) is 54.6 Å². The van der Waals surface area contributed by atoms with Gasteiger partial charge in [-0.05, 0) is 31.9 Å². The molecule has 1 amide bonds. The molecule has 4 heteroatoms. The molecule has 25 heavy (non-hydrogen) atoms. The van der Waals surface area contributed by atoms with Crippen LogP contribution in [-0.2, 0) is 27.4 Å². The third-order valence-electron chi connectivity index (χ3n) is 3.86. The molecule has 4 nitrogen and oxygen atoms in total. The minimum atomic E-state index is -0.857. The summed E-state index contributed by atoms with van der Waals surface area (Å²) in [6.45, 7) is 7.67. The molecule has 2 aromatic rings. The van der Waals surface area contributed by atoms with Crippen LogP contribution in [0.25, 0.3) is 0 Å². The van der Waals surface area contributed by atoms with E-state index in [4.69, 9.17) is 9.47 Å². The highest BCUT2D eigenvalue weighted by atomic mass is 16.7. The van der Waals surface area contributed by atoms with E-state index >= 15 is 0 Å². The summed E-state index contributed by atoms with van der Waals surface area (Å²) in [5.74, 6) is -0.145. The quantitative estimate of drug-likeness (QED) is 0.649. The van der Waals surface area contributed by atoms with Crippen molar-refractivity contribution in [1.82, 2.24) is 4.90 Å². The Bertz CT molecular complexity index is 634. The SMILES string of the molecule is CCOC(OCC)C(=O)N(Cc1ccccc1)Cc1ccc(C)cc1. The summed E-state index contributed by atoms with van der Waals surface area (Å²) < 4.78 is 11.0. The van der Waals surface area contributed by atoms with Crippen molar-refractivity contribution in [2.75, 3.05) is 13.2 Å². The average Bonchev–Trinajstić information content (AvgIpc) is 2.63. The molecule has 0 aromatic heterocycles. The van der Waals surface area contributed by atoms with Gasteiger partial charge in [-0.1, -0.05) is 60.2 Å². The van der Waals surface area contributed by atoms with Gasteiger partial charge in [-0.15, -0.1) is 0 Å². The second-order valence-electron chi connectivity index (χ2n) is 5.91. The summed E-state index contributed by atoms with van der Waals surface area (Å²) in [6.07, 6.45) is -0.857. The zero-order chi connectivity index (χ0) is 18.1. The van der Waals surface area contributed by atoms with E-state index in [1.54, 1.807) is 4.90 Å². The van der Waals surface area contributed by atoms with Crippen molar-refractivity contribution in [3.63, 3.8) is 0 Å². The lowest BCUT2D eigenvalue weighted by molar-refractivity contribution is -0.181. The number of ether oxygens (including phenoxy) is 2. The number of carbonyl (C=O) groups excluding carboxylic acids is 1. The number of hydrogen-bond donors (Lipinski definition) is 0. The summed E-state index contributed by atoms with van der Waals surface area (Å²) in [6, 6.07) is 18.2. The zero-order valence-corrected chi connectivity index (χ0v) is 15.3. The number of hydrogen-bond acceptors (Lipinski definition) is 3. The maximum Gasteiger partial charge on any atom is 0.280 e. The van der Waals surface area contributed by atoms with Crippen LogP contribution in [0.5, 0.6) is 0 Å². The lowest BCUT2D eigenvalue weighted by atomic mass is 10.1. The lowest BCUT2D eigenvalue weighted by Gasteiger charge is -2.27. The Morgan fingerprint density at radius 1 is 0.880 bits per heavy atom. The van der Waals surface area contributed by atoms with Gasteiger partial charge < -0.3 is 14.4 Å². The maximum absolute atomic E-state index is 13.0. The second-order valence-corrected chi connectivity index (χ2v) is 5.91. The number of amides is 1. The van der Waals surface area contributed by atoms with Gasteiger partial charge >= 0.3 is 0 Å². The summed E-state index contributed by atoms with van der Waals surface area (Å²) in [5, 5.41) is 0. The smallest absolute Gasteiger partial charge is 0.280 e. The Kier molecular flexibility index (Phi) is 7.64. The van der Waals surface area contributed by atoms with Crippen molar-refractivity contribution >= 4 is 5.91 Å². The molecule has 134 valence electrons. The number of aryl methyl sites for hydroxylation is 1. The topological polar surface area (TPSA) is 38.8 Å². The van der Waals surface area contributed by atoms with Gasteiger partial charge in [0.25, 0.3) is 5.91 Å². The van der Waals surface area contributed by atoms with Crippen LogP contribution in [0, 0.1) is 6.92 Å². The molecule has 0 saturated heterocycles. The normalized spacial score (nSPS) is 10.9. The van der Waals surface area contributed by atoms with Gasteiger partial charge in [0.05, 0.1) is 0 Å². The predicted octanol–water partition coefficient (Wildman–Crippen LogP) is 3.92. The second kappa shape index (κ2) is 9.97. The number of benzene rings is 2. The minimum Gasteiger partial charge on any atom is -0.345 e. The predicted molar refractivity (Wildman–Crippen MR) is 98.9 cm³/mol. The van der Waals surface area contributed by atoms with Crippen LogP contribution in [0.1, 0.15) is 30.5 Å². The van der Waals surface area contributed by atoms with E-state index in [0.29, 0.717) is 26.3 Å². The van der Waals surface area contributed by atoms with Crippen molar-refractivity contribution in [2.45, 2.75) is 40.2 Å². The lowest BCUT2D eigenvalue weighted by Crippen LogP contribution is -2.41. The van der Waals surface area contributed by atoms with Gasteiger partial charge in [0.1, 0.15) is 0 Å². The van der Waals surface area contributed by atoms with Crippen molar-refractivity contribution in [2.24, 2.45) is 0 Å². The van der Waals surface area contributed by atoms with Crippen LogP contribution in [0.3, 0.4) is 0 Å². The summed E-state index contributed by atoms with van der Waals surface area (Å²) >= 11 is 0. The van der Waals surface area contributed by atoms with Crippen molar-refractivity contribution in [3.8, 4) is 0 Å². The molecule has 2 rings (SSSR count). The standard InChI is InChI=1S/C21H27NO3/c1-4-24-21(25-5-2)20(23)22(15-18-9-7-6-8-10-18)16-19-13-11-17(3)12-14-19/h6-14,21H,4-5,15-16H2,1-3H3. The molecule has 0 aliphatic rings. The van der Waals surface area contributed by atoms with Crippen LogP contribution in [-0.4, -0.2) is 30.3 Å². The first-order valence-electron chi connectivity index (χ1n) is 8.75. The zero-order valence-electron chi connectivity index (χ0n) is 15.3. The number of carbonyl (C=O) groups is 1. The molecule has 0 spiro atoms. The minimum absolute atomic E-state index is 0.145. The molecule has 0 unspecified atom stereocenters. The molecular weight excluding hydrogens is 314 g/mol. The molecule has 0 aliphatic heterocycles. The van der Waals surface area contributed by atoms with E-state index in [1.807, 2.05) is 44.2 Å². The van der Waals surface area contributed by atoms with E-state index in [1.165, 1.54) is 5.56 Å². The van der Waals surface area contributed by atoms with Crippen LogP contribution < -0.4 is 0 Å². The molecule has 0 heterocycles. The molecule has 0 N–H and O–H groups in total. The Balaban J connectivity index is 2.20. The molecule has 0 fully saturated rings. The Hall–Kier alpha value is -2.17. The highest BCUT2D eigenvalue weighted by Crippen LogP contribution is 2.14. The molecule has 0 atom stereocenters. The number of rotatable bonds is 9. The Morgan fingerprint density at radius 2 is 1.40 bits per heavy atom. The fraction of sp³-hybridized carbons (Fsp3) is 0.381. The Morgan fingerprint density at radius 3 is 1.92 bits per heavy atom. The van der Waals surface area contributed by atoms with E-state index in [9.17, 15) is 4.79 Å². The Labute approximate surface area is 150 Å². The third kappa shape index (κ3) is 6.00. The largest absolute Gasteiger partial charge is 0.345 e. The van der Waals surface area contributed by atoms with E-state index in [2.05, 4.69) is 31.2 Å². The van der Waals surface area contributed by atoms with Crippen molar-refractivity contribution in [1.29, 1.82) is 0 Å². The average molecular weight is 341 g/mol. The van der Waals surface area contributed by atoms with Gasteiger partial charge in [-0.3, -0.25) is 4.79 Å². The van der Waals surface area contributed by atoms with Crippen molar-refractivity contribution < 1.29 is 14.3 Å². The van der Waals surface area contributed by atoms with Gasteiger partial charge in [0, 0.05) is 26.3 Å². The van der Waals surface area contributed by atoms with Crippen LogP contribution in [0.2, 0.25) is 0 Å². The van der Waals surface area contributed by atoms with E-state index in [-0.39, 0.29) is 5.91 Å². The van der Waals surface area contributed by atoms with Crippen LogP contribution in [0.4, 0.5) is 0 Å². The fourth-order valence-corrected chi connectivity index (χ4v) is 2.57. The molecule has 0 bridgehead atoms. The molecule has 0 radical (unpaired) electrons. The highest BCUT2D eigenvalue weighted by molar-refractivity contribution is 5.79. The first kappa shape index (κ1) is 19.2. The van der Waals surface area contributed by atoms with Gasteiger partial charge in [0.2, 0.25) is 6.29 Å². The van der Waals surface area contributed by atoms with Gasteiger partial charge in [-0.2, -0.15) is 0 Å². The molecule has 0 saturated carbocycles. The first-order valence-corrected chi connectivity index (χ1v) is 8.75. The molecule has 2 aromatic carbocycles. The molecule has 0 aliphatic carbocycles. The third-order valence-corrected chi connectivity index (χ3v) is 3.86. The summed E-state index contributed by atoms with van der Waals surface area (Å²) in [5.41, 5.74) is 3.36. The maximum atomic E-state index is 13.0. The van der Waals surface area contributed by atoms with Crippen LogP contribution >= 0.6 is 0 Å². The van der Waals surface area contributed by atoms with Crippen molar-refractivity contribution in [3.05, 3.63) is 71.3 Å². The molecular formula is C21H27NO3. The van der Waals surface area contributed by atoms with E-state index < -0.39 is 6.29 Å². The van der Waals surface area contributed by atoms with E-state index in [0.717, 1.165) is 11.1 Å². The summed E-state index contributed by atoms with van der Waals surface area (Å²) in [7, 11) is 0. The summed E-state index contributed by atoms with van der Waals surface area (Å²) in [4.78, 5) is 14.8. The number of nitrogens with zero attached hydrogens (tertiary/aromatic N) is 1. The highest BCUT2D eigenvalue weighted by Gasteiger charge is 2.25. The van der Waals surface area contributed by atoms with Gasteiger partial charge in [0.15, 0.2) is 0 Å². The first-order chi connectivity index (χ1) is 12.1.